The first-order chi connectivity index (χ1) is 7.48. The minimum atomic E-state index is -4.07. The number of H-pyrrole nitrogens is 1. The summed E-state index contributed by atoms with van der Waals surface area (Å²) < 4.78 is 40.1. The zero-order chi connectivity index (χ0) is 11.8. The van der Waals surface area contributed by atoms with Gasteiger partial charge in [-0.15, -0.1) is 0 Å². The number of imidazole rings is 1. The maximum absolute atomic E-state index is 12.6. The second-order valence-corrected chi connectivity index (χ2v) is 4.62. The Labute approximate surface area is 96.5 Å². The van der Waals surface area contributed by atoms with Crippen LogP contribution in [0.25, 0.3) is 0 Å². The zero-order valence-corrected chi connectivity index (χ0v) is 9.44. The summed E-state index contributed by atoms with van der Waals surface area (Å²) in [6.45, 7) is 0. The Morgan fingerprint density at radius 1 is 1.38 bits per heavy atom. The van der Waals surface area contributed by atoms with Gasteiger partial charge in [-0.05, 0) is 31.5 Å². The van der Waals surface area contributed by atoms with Crippen molar-refractivity contribution in [2.45, 2.75) is 37.9 Å². The molecule has 0 spiro atoms. The SMILES string of the molecule is FC(F)(F)C1CCCC(n2cc[nH]c2=S)C1. The van der Waals surface area contributed by atoms with Crippen LogP contribution >= 0.6 is 12.2 Å². The molecule has 1 N–H and O–H groups in total. The van der Waals surface area contributed by atoms with E-state index in [0.717, 1.165) is 6.42 Å². The molecule has 2 unspecified atom stereocenters. The molecular formula is C10H13F3N2S. The minimum absolute atomic E-state index is 0.112. The van der Waals surface area contributed by atoms with Gasteiger partial charge in [-0.3, -0.25) is 0 Å². The average molecular weight is 250 g/mol. The Morgan fingerprint density at radius 2 is 2.12 bits per heavy atom. The van der Waals surface area contributed by atoms with E-state index in [4.69, 9.17) is 12.2 Å². The number of aromatic nitrogens is 2. The van der Waals surface area contributed by atoms with Gasteiger partial charge >= 0.3 is 6.18 Å². The summed E-state index contributed by atoms with van der Waals surface area (Å²) in [6.07, 6.45) is 1.11. The van der Waals surface area contributed by atoms with Gasteiger partial charge in [-0.25, -0.2) is 0 Å². The highest BCUT2D eigenvalue weighted by atomic mass is 32.1. The van der Waals surface area contributed by atoms with E-state index in [1.165, 1.54) is 0 Å². The molecule has 2 atom stereocenters. The van der Waals surface area contributed by atoms with Gasteiger partial charge in [0, 0.05) is 18.4 Å². The molecule has 0 amide bonds. The molecule has 0 aliphatic heterocycles. The number of hydrogen-bond donors (Lipinski definition) is 1. The van der Waals surface area contributed by atoms with Crippen molar-refractivity contribution in [1.82, 2.24) is 9.55 Å². The van der Waals surface area contributed by atoms with Crippen molar-refractivity contribution in [3.8, 4) is 0 Å². The van der Waals surface area contributed by atoms with E-state index in [-0.39, 0.29) is 18.9 Å². The van der Waals surface area contributed by atoms with Crippen molar-refractivity contribution >= 4 is 12.2 Å². The van der Waals surface area contributed by atoms with Gasteiger partial charge in [0.2, 0.25) is 0 Å². The molecular weight excluding hydrogens is 237 g/mol. The molecule has 0 bridgehead atoms. The fraction of sp³-hybridized carbons (Fsp3) is 0.700. The summed E-state index contributed by atoms with van der Waals surface area (Å²) in [5, 5.41) is 0. The summed E-state index contributed by atoms with van der Waals surface area (Å²) in [4.78, 5) is 2.82. The Balaban J connectivity index is 2.14. The van der Waals surface area contributed by atoms with Gasteiger partial charge in [0.15, 0.2) is 4.77 Å². The van der Waals surface area contributed by atoms with Crippen LogP contribution in [0.1, 0.15) is 31.7 Å². The van der Waals surface area contributed by atoms with Crippen LogP contribution in [0.15, 0.2) is 12.4 Å². The number of nitrogens with zero attached hydrogens (tertiary/aromatic N) is 1. The lowest BCUT2D eigenvalue weighted by molar-refractivity contribution is -0.185. The minimum Gasteiger partial charge on any atom is -0.337 e. The number of halogens is 3. The largest absolute Gasteiger partial charge is 0.391 e. The van der Waals surface area contributed by atoms with Gasteiger partial charge in [-0.2, -0.15) is 13.2 Å². The third kappa shape index (κ3) is 2.31. The van der Waals surface area contributed by atoms with Crippen LogP contribution in [-0.2, 0) is 0 Å². The number of nitrogens with one attached hydrogen (secondary N) is 1. The molecule has 1 aliphatic carbocycles. The van der Waals surface area contributed by atoms with Crippen molar-refractivity contribution in [2.75, 3.05) is 0 Å². The highest BCUT2D eigenvalue weighted by Gasteiger charge is 2.42. The predicted octanol–water partition coefficient (Wildman–Crippen LogP) is 3.84. The lowest BCUT2D eigenvalue weighted by Crippen LogP contribution is -2.29. The van der Waals surface area contributed by atoms with E-state index in [0.29, 0.717) is 11.2 Å². The standard InChI is InChI=1S/C10H13F3N2S/c11-10(12,13)7-2-1-3-8(6-7)15-5-4-14-9(15)16/h4-5,7-8H,1-3,6H2,(H,14,16). The van der Waals surface area contributed by atoms with Gasteiger partial charge in [0.25, 0.3) is 0 Å². The summed E-state index contributed by atoms with van der Waals surface area (Å²) in [5.41, 5.74) is 0. The summed E-state index contributed by atoms with van der Waals surface area (Å²) in [7, 11) is 0. The monoisotopic (exact) mass is 250 g/mol. The van der Waals surface area contributed by atoms with Crippen LogP contribution in [-0.4, -0.2) is 15.7 Å². The van der Waals surface area contributed by atoms with Crippen LogP contribution in [0.5, 0.6) is 0 Å². The van der Waals surface area contributed by atoms with E-state index in [2.05, 4.69) is 4.98 Å². The second kappa shape index (κ2) is 4.24. The van der Waals surface area contributed by atoms with Crippen LogP contribution in [0, 0.1) is 10.7 Å². The maximum Gasteiger partial charge on any atom is 0.391 e. The highest BCUT2D eigenvalue weighted by Crippen LogP contribution is 2.41. The smallest absolute Gasteiger partial charge is 0.337 e. The van der Waals surface area contributed by atoms with Crippen LogP contribution in [0.2, 0.25) is 0 Å². The molecule has 1 aliphatic rings. The zero-order valence-electron chi connectivity index (χ0n) is 8.63. The summed E-state index contributed by atoms with van der Waals surface area (Å²) >= 11 is 5.02. The Bertz CT molecular complexity index is 407. The van der Waals surface area contributed by atoms with Gasteiger partial charge in [0.1, 0.15) is 0 Å². The third-order valence-corrected chi connectivity index (χ3v) is 3.51. The van der Waals surface area contributed by atoms with Crippen molar-refractivity contribution in [3.05, 3.63) is 17.2 Å². The van der Waals surface area contributed by atoms with Crippen LogP contribution < -0.4 is 0 Å². The van der Waals surface area contributed by atoms with Crippen LogP contribution in [0.3, 0.4) is 0 Å². The Kier molecular flexibility index (Phi) is 3.10. The first-order valence-electron chi connectivity index (χ1n) is 5.30. The predicted molar refractivity (Wildman–Crippen MR) is 56.7 cm³/mol. The van der Waals surface area contributed by atoms with Crippen LogP contribution in [0.4, 0.5) is 13.2 Å². The molecule has 2 nitrogen and oxygen atoms in total. The Morgan fingerprint density at radius 3 is 2.69 bits per heavy atom. The molecule has 1 fully saturated rings. The molecule has 1 heterocycles. The lowest BCUT2D eigenvalue weighted by atomic mass is 9.85. The van der Waals surface area contributed by atoms with Crippen molar-refractivity contribution < 1.29 is 13.2 Å². The van der Waals surface area contributed by atoms with E-state index >= 15 is 0 Å². The molecule has 0 saturated heterocycles. The number of aromatic amines is 1. The third-order valence-electron chi connectivity index (χ3n) is 3.18. The molecule has 1 aromatic heterocycles. The Hall–Kier alpha value is -0.780. The normalized spacial score (nSPS) is 26.9. The van der Waals surface area contributed by atoms with Crippen molar-refractivity contribution in [3.63, 3.8) is 0 Å². The first kappa shape index (κ1) is 11.7. The quantitative estimate of drug-likeness (QED) is 0.751. The van der Waals surface area contributed by atoms with Gasteiger partial charge in [0.05, 0.1) is 5.92 Å². The molecule has 0 radical (unpaired) electrons. The molecule has 90 valence electrons. The fourth-order valence-electron chi connectivity index (χ4n) is 2.33. The summed E-state index contributed by atoms with van der Waals surface area (Å²) in [6, 6.07) is -0.112. The van der Waals surface area contributed by atoms with Gasteiger partial charge < -0.3 is 9.55 Å². The number of rotatable bonds is 1. The maximum atomic E-state index is 12.6. The molecule has 0 aromatic carbocycles. The molecule has 2 rings (SSSR count). The first-order valence-corrected chi connectivity index (χ1v) is 5.71. The van der Waals surface area contributed by atoms with E-state index in [1.54, 1.807) is 17.0 Å². The lowest BCUT2D eigenvalue weighted by Gasteiger charge is -2.31. The van der Waals surface area contributed by atoms with Crippen molar-refractivity contribution in [1.29, 1.82) is 0 Å². The highest BCUT2D eigenvalue weighted by molar-refractivity contribution is 7.71. The number of hydrogen-bond acceptors (Lipinski definition) is 1. The van der Waals surface area contributed by atoms with E-state index < -0.39 is 12.1 Å². The van der Waals surface area contributed by atoms with E-state index in [9.17, 15) is 13.2 Å². The van der Waals surface area contributed by atoms with E-state index in [1.807, 2.05) is 0 Å². The topological polar surface area (TPSA) is 20.7 Å². The molecule has 1 saturated carbocycles. The molecule has 1 aromatic rings. The second-order valence-electron chi connectivity index (χ2n) is 4.23. The molecule has 16 heavy (non-hydrogen) atoms. The van der Waals surface area contributed by atoms with Gasteiger partial charge in [-0.1, -0.05) is 6.42 Å². The summed E-state index contributed by atoms with van der Waals surface area (Å²) in [5.74, 6) is -1.18. The molecule has 6 heteroatoms. The average Bonchev–Trinajstić information content (AvgIpc) is 2.63. The fourth-order valence-corrected chi connectivity index (χ4v) is 2.61. The number of alkyl halides is 3. The van der Waals surface area contributed by atoms with Crippen molar-refractivity contribution in [2.24, 2.45) is 5.92 Å².